The van der Waals surface area contributed by atoms with E-state index >= 15 is 0 Å². The average Bonchev–Trinajstić information content (AvgIpc) is 2.61. The van der Waals surface area contributed by atoms with Crippen molar-refractivity contribution < 1.29 is 5.11 Å². The van der Waals surface area contributed by atoms with Crippen LogP contribution in [0.15, 0.2) is 12.1 Å². The van der Waals surface area contributed by atoms with Gasteiger partial charge in [-0.15, -0.1) is 11.3 Å². The van der Waals surface area contributed by atoms with E-state index in [1.807, 2.05) is 6.07 Å². The van der Waals surface area contributed by atoms with Crippen molar-refractivity contribution in [3.05, 3.63) is 21.9 Å². The molecule has 0 bridgehead atoms. The molecule has 3 heteroatoms. The minimum absolute atomic E-state index is 0.0613. The first kappa shape index (κ1) is 12.7. The molecular weight excluding hydrogens is 206 g/mol. The van der Waals surface area contributed by atoms with Crippen LogP contribution in [0.4, 0.5) is 0 Å². The number of aliphatic hydroxyl groups is 1. The number of thiophene rings is 1. The zero-order chi connectivity index (χ0) is 11.5. The molecule has 1 atom stereocenters. The van der Waals surface area contributed by atoms with Crippen LogP contribution >= 0.6 is 11.3 Å². The second-order valence-corrected chi connectivity index (χ2v) is 6.00. The van der Waals surface area contributed by atoms with Gasteiger partial charge in [0.25, 0.3) is 0 Å². The highest BCUT2D eigenvalue weighted by molar-refractivity contribution is 7.12. The minimum Gasteiger partial charge on any atom is -0.386 e. The molecule has 0 amide bonds. The molecule has 2 N–H and O–H groups in total. The Morgan fingerprint density at radius 1 is 1.40 bits per heavy atom. The van der Waals surface area contributed by atoms with Crippen molar-refractivity contribution in [2.24, 2.45) is 0 Å². The zero-order valence-corrected chi connectivity index (χ0v) is 10.8. The van der Waals surface area contributed by atoms with Crippen LogP contribution in [0.5, 0.6) is 0 Å². The van der Waals surface area contributed by atoms with Gasteiger partial charge in [-0.05, 0) is 39.3 Å². The molecule has 0 saturated carbocycles. The van der Waals surface area contributed by atoms with Gasteiger partial charge in [0, 0.05) is 21.8 Å². The maximum atomic E-state index is 9.94. The van der Waals surface area contributed by atoms with Crippen LogP contribution in [0.3, 0.4) is 0 Å². The topological polar surface area (TPSA) is 32.3 Å². The highest BCUT2D eigenvalue weighted by Crippen LogP contribution is 2.23. The predicted molar refractivity (Wildman–Crippen MR) is 66.4 cm³/mol. The molecule has 86 valence electrons. The maximum Gasteiger partial charge on any atom is 0.101 e. The van der Waals surface area contributed by atoms with Gasteiger partial charge in [0.05, 0.1) is 0 Å². The van der Waals surface area contributed by atoms with Gasteiger partial charge in [-0.2, -0.15) is 0 Å². The van der Waals surface area contributed by atoms with E-state index in [4.69, 9.17) is 0 Å². The molecule has 0 aromatic carbocycles. The van der Waals surface area contributed by atoms with Crippen LogP contribution in [0.25, 0.3) is 0 Å². The molecule has 1 aromatic heterocycles. The van der Waals surface area contributed by atoms with Crippen LogP contribution in [-0.2, 0) is 6.42 Å². The monoisotopic (exact) mass is 227 g/mol. The van der Waals surface area contributed by atoms with E-state index in [1.165, 1.54) is 4.88 Å². The molecule has 0 radical (unpaired) electrons. The molecule has 1 rings (SSSR count). The van der Waals surface area contributed by atoms with Crippen LogP contribution in [0.2, 0.25) is 0 Å². The zero-order valence-electron chi connectivity index (χ0n) is 10.0. The Morgan fingerprint density at radius 2 is 2.07 bits per heavy atom. The van der Waals surface area contributed by atoms with E-state index in [2.05, 4.69) is 39.1 Å². The average molecular weight is 227 g/mol. The molecule has 0 aliphatic carbocycles. The summed E-state index contributed by atoms with van der Waals surface area (Å²) in [5.74, 6) is 0. The second-order valence-electron chi connectivity index (χ2n) is 4.80. The first-order chi connectivity index (χ1) is 6.92. The summed E-state index contributed by atoms with van der Waals surface area (Å²) < 4.78 is 0. The number of aliphatic hydroxyl groups excluding tert-OH is 1. The van der Waals surface area contributed by atoms with Crippen molar-refractivity contribution in [3.8, 4) is 0 Å². The van der Waals surface area contributed by atoms with Crippen LogP contribution in [0, 0.1) is 0 Å². The van der Waals surface area contributed by atoms with Gasteiger partial charge >= 0.3 is 0 Å². The molecule has 1 unspecified atom stereocenters. The molecular formula is C12H21NOS. The van der Waals surface area contributed by atoms with Gasteiger partial charge in [-0.1, -0.05) is 6.92 Å². The van der Waals surface area contributed by atoms with E-state index < -0.39 is 0 Å². The quantitative estimate of drug-likeness (QED) is 0.829. The van der Waals surface area contributed by atoms with Crippen molar-refractivity contribution in [1.82, 2.24) is 5.32 Å². The number of β-amino-alcohol motifs (C(OH)–C–C–N with tert-alkyl or cyclic N) is 1. The number of nitrogens with one attached hydrogen (secondary N) is 1. The molecule has 2 nitrogen and oxygen atoms in total. The second kappa shape index (κ2) is 5.10. The molecule has 0 saturated heterocycles. The number of aryl methyl sites for hydroxylation is 1. The lowest BCUT2D eigenvalue weighted by atomic mass is 10.1. The van der Waals surface area contributed by atoms with Crippen molar-refractivity contribution in [3.63, 3.8) is 0 Å². The van der Waals surface area contributed by atoms with Crippen LogP contribution < -0.4 is 5.32 Å². The first-order valence-corrected chi connectivity index (χ1v) is 6.25. The standard InChI is InChI=1S/C12H21NOS/c1-5-9-6-7-11(15-9)10(14)8-13-12(2,3)4/h6-7,10,13-14H,5,8H2,1-4H3. The van der Waals surface area contributed by atoms with Gasteiger partial charge < -0.3 is 10.4 Å². The fourth-order valence-electron chi connectivity index (χ4n) is 1.27. The molecule has 0 aliphatic rings. The summed E-state index contributed by atoms with van der Waals surface area (Å²) in [6, 6.07) is 4.12. The van der Waals surface area contributed by atoms with Gasteiger partial charge in [-0.25, -0.2) is 0 Å². The Kier molecular flexibility index (Phi) is 4.32. The fourth-order valence-corrected chi connectivity index (χ4v) is 2.21. The molecule has 1 heterocycles. The lowest BCUT2D eigenvalue weighted by Gasteiger charge is -2.22. The summed E-state index contributed by atoms with van der Waals surface area (Å²) in [7, 11) is 0. The SMILES string of the molecule is CCc1ccc(C(O)CNC(C)(C)C)s1. The van der Waals surface area contributed by atoms with Crippen LogP contribution in [0.1, 0.15) is 43.6 Å². The van der Waals surface area contributed by atoms with Gasteiger partial charge in [0.15, 0.2) is 0 Å². The van der Waals surface area contributed by atoms with Crippen molar-refractivity contribution in [2.75, 3.05) is 6.54 Å². The molecule has 0 aliphatic heterocycles. The van der Waals surface area contributed by atoms with Crippen molar-refractivity contribution >= 4 is 11.3 Å². The van der Waals surface area contributed by atoms with Crippen LogP contribution in [-0.4, -0.2) is 17.2 Å². The third-order valence-corrected chi connectivity index (χ3v) is 3.52. The smallest absolute Gasteiger partial charge is 0.101 e. The Balaban J connectivity index is 2.50. The highest BCUT2D eigenvalue weighted by atomic mass is 32.1. The van der Waals surface area contributed by atoms with Gasteiger partial charge in [0.2, 0.25) is 0 Å². The molecule has 1 aromatic rings. The number of rotatable bonds is 4. The summed E-state index contributed by atoms with van der Waals surface area (Å²) in [4.78, 5) is 2.39. The summed E-state index contributed by atoms with van der Waals surface area (Å²) in [6.07, 6.45) is 0.666. The normalized spacial score (nSPS) is 14.2. The Hall–Kier alpha value is -0.380. The predicted octanol–water partition coefficient (Wildman–Crippen LogP) is 2.73. The van der Waals surface area contributed by atoms with Crippen molar-refractivity contribution in [2.45, 2.75) is 45.8 Å². The summed E-state index contributed by atoms with van der Waals surface area (Å²) >= 11 is 1.70. The summed E-state index contributed by atoms with van der Waals surface area (Å²) in [5.41, 5.74) is 0.0613. The Bertz CT molecular complexity index is 301. The molecule has 15 heavy (non-hydrogen) atoms. The van der Waals surface area contributed by atoms with Gasteiger partial charge in [-0.3, -0.25) is 0 Å². The third-order valence-electron chi connectivity index (χ3n) is 2.19. The largest absolute Gasteiger partial charge is 0.386 e. The third kappa shape index (κ3) is 4.33. The fraction of sp³-hybridized carbons (Fsp3) is 0.667. The van der Waals surface area contributed by atoms with E-state index in [0.717, 1.165) is 11.3 Å². The lowest BCUT2D eigenvalue weighted by molar-refractivity contribution is 0.167. The van der Waals surface area contributed by atoms with Gasteiger partial charge in [0.1, 0.15) is 6.10 Å². The maximum absolute atomic E-state index is 9.94. The van der Waals surface area contributed by atoms with E-state index in [0.29, 0.717) is 6.54 Å². The number of hydrogen-bond donors (Lipinski definition) is 2. The summed E-state index contributed by atoms with van der Waals surface area (Å²) in [6.45, 7) is 9.06. The Labute approximate surface area is 96.3 Å². The summed E-state index contributed by atoms with van der Waals surface area (Å²) in [5, 5.41) is 13.2. The van der Waals surface area contributed by atoms with E-state index in [1.54, 1.807) is 11.3 Å². The highest BCUT2D eigenvalue weighted by Gasteiger charge is 2.14. The molecule has 0 fully saturated rings. The van der Waals surface area contributed by atoms with E-state index in [9.17, 15) is 5.11 Å². The van der Waals surface area contributed by atoms with Crippen molar-refractivity contribution in [1.29, 1.82) is 0 Å². The Morgan fingerprint density at radius 3 is 2.53 bits per heavy atom. The minimum atomic E-state index is -0.380. The molecule has 0 spiro atoms. The first-order valence-electron chi connectivity index (χ1n) is 5.44. The lowest BCUT2D eigenvalue weighted by Crippen LogP contribution is -2.38. The van der Waals surface area contributed by atoms with E-state index in [-0.39, 0.29) is 11.6 Å². The number of hydrogen-bond acceptors (Lipinski definition) is 3.